The molecule has 7 heteroatoms. The number of nitrogens with zero attached hydrogens (tertiary/aromatic N) is 3. The summed E-state index contributed by atoms with van der Waals surface area (Å²) in [4.78, 5) is 15.3. The van der Waals surface area contributed by atoms with E-state index in [4.69, 9.17) is 39.8 Å². The van der Waals surface area contributed by atoms with Crippen LogP contribution < -0.4 is 0 Å². The Bertz CT molecular complexity index is 2710. The Labute approximate surface area is 265 Å². The van der Waals surface area contributed by atoms with Crippen LogP contribution in [0.3, 0.4) is 0 Å². The van der Waals surface area contributed by atoms with Crippen LogP contribution in [0.2, 0.25) is 5.02 Å². The fourth-order valence-corrected chi connectivity index (χ4v) is 6.74. The molecule has 0 aliphatic carbocycles. The second-order valence-corrected chi connectivity index (χ2v) is 11.7. The number of benzene rings is 6. The molecule has 0 bridgehead atoms. The summed E-state index contributed by atoms with van der Waals surface area (Å²) in [5.74, 6) is 1.47. The summed E-state index contributed by atoms with van der Waals surface area (Å²) in [6, 6.07) is 39.7. The molecule has 6 aromatic carbocycles. The Morgan fingerprint density at radius 3 is 1.50 bits per heavy atom. The van der Waals surface area contributed by atoms with Crippen molar-refractivity contribution in [1.82, 2.24) is 15.0 Å². The van der Waals surface area contributed by atoms with Crippen LogP contribution in [0.25, 0.3) is 100.0 Å². The Balaban J connectivity index is 1.30. The molecule has 0 saturated heterocycles. The second-order valence-electron chi connectivity index (χ2n) is 11.3. The first-order valence-corrected chi connectivity index (χ1v) is 15.3. The van der Waals surface area contributed by atoms with Crippen molar-refractivity contribution in [3.63, 3.8) is 0 Å². The van der Waals surface area contributed by atoms with Gasteiger partial charge in [0.05, 0.1) is 11.1 Å². The summed E-state index contributed by atoms with van der Waals surface area (Å²) >= 11 is 6.46. The van der Waals surface area contributed by atoms with Crippen LogP contribution in [0, 0.1) is 0 Å². The predicted molar refractivity (Wildman–Crippen MR) is 183 cm³/mol. The molecule has 0 N–H and O–H groups in total. The Kier molecular flexibility index (Phi) is 5.24. The Morgan fingerprint density at radius 1 is 0.391 bits per heavy atom. The second kappa shape index (κ2) is 9.51. The third-order valence-electron chi connectivity index (χ3n) is 8.62. The highest BCUT2D eigenvalue weighted by Gasteiger charge is 2.22. The molecule has 216 valence electrons. The molecule has 0 fully saturated rings. The van der Waals surface area contributed by atoms with Gasteiger partial charge in [-0.2, -0.15) is 0 Å². The van der Waals surface area contributed by atoms with Crippen molar-refractivity contribution < 1.29 is 13.3 Å². The van der Waals surface area contributed by atoms with E-state index >= 15 is 0 Å². The zero-order valence-electron chi connectivity index (χ0n) is 24.0. The summed E-state index contributed by atoms with van der Waals surface area (Å²) < 4.78 is 19.1. The van der Waals surface area contributed by atoms with Crippen molar-refractivity contribution in [3.8, 4) is 34.2 Å². The minimum absolute atomic E-state index is 0.487. The van der Waals surface area contributed by atoms with Gasteiger partial charge in [0.25, 0.3) is 0 Å². The normalized spacial score (nSPS) is 12.0. The number of halogens is 1. The van der Waals surface area contributed by atoms with Crippen LogP contribution in [0.15, 0.2) is 135 Å². The standard InChI is InChI=1S/C39H20ClN3O3/c40-21-18-19-32-29(20-21)34-26(12-7-17-33(34)44-32)37-41-38(27-13-5-10-24-22-8-1-3-15-30(22)45-35(24)27)43-39(42-37)28-14-6-11-25-23-9-2-4-16-31(23)46-36(25)28/h1-20H. The Hall–Kier alpha value is -5.98. The lowest BCUT2D eigenvalue weighted by Gasteiger charge is -2.10. The molecule has 0 aliphatic heterocycles. The number of para-hydroxylation sites is 4. The number of hydrogen-bond donors (Lipinski definition) is 0. The maximum Gasteiger partial charge on any atom is 0.167 e. The van der Waals surface area contributed by atoms with Crippen molar-refractivity contribution in [1.29, 1.82) is 0 Å². The lowest BCUT2D eigenvalue weighted by atomic mass is 10.0. The fourth-order valence-electron chi connectivity index (χ4n) is 6.57. The van der Waals surface area contributed by atoms with Gasteiger partial charge in [-0.15, -0.1) is 0 Å². The van der Waals surface area contributed by atoms with Crippen molar-refractivity contribution in [2.75, 3.05) is 0 Å². The van der Waals surface area contributed by atoms with Gasteiger partial charge in [0.1, 0.15) is 33.5 Å². The Morgan fingerprint density at radius 2 is 0.870 bits per heavy atom. The third-order valence-corrected chi connectivity index (χ3v) is 8.86. The van der Waals surface area contributed by atoms with E-state index in [1.165, 1.54) is 0 Å². The molecular formula is C39H20ClN3O3. The van der Waals surface area contributed by atoms with Crippen molar-refractivity contribution in [2.24, 2.45) is 0 Å². The molecule has 10 aromatic rings. The summed E-state index contributed by atoms with van der Waals surface area (Å²) in [5.41, 5.74) is 6.83. The smallest absolute Gasteiger partial charge is 0.167 e. The predicted octanol–water partition coefficient (Wildman–Crippen LogP) is 11.2. The molecule has 0 radical (unpaired) electrons. The summed E-state index contributed by atoms with van der Waals surface area (Å²) in [7, 11) is 0. The summed E-state index contributed by atoms with van der Waals surface area (Å²) in [6.45, 7) is 0. The van der Waals surface area contributed by atoms with Gasteiger partial charge in [-0.1, -0.05) is 84.4 Å². The highest BCUT2D eigenvalue weighted by atomic mass is 35.5. The van der Waals surface area contributed by atoms with Crippen LogP contribution in [-0.2, 0) is 0 Å². The average Bonchev–Trinajstić information content (AvgIpc) is 3.79. The van der Waals surface area contributed by atoms with E-state index in [0.29, 0.717) is 33.7 Å². The molecule has 4 aromatic heterocycles. The number of rotatable bonds is 3. The van der Waals surface area contributed by atoms with E-state index < -0.39 is 0 Å². The van der Waals surface area contributed by atoms with E-state index in [2.05, 4.69) is 24.3 Å². The number of aromatic nitrogens is 3. The lowest BCUT2D eigenvalue weighted by Crippen LogP contribution is -2.01. The first-order chi connectivity index (χ1) is 22.7. The van der Waals surface area contributed by atoms with Crippen molar-refractivity contribution in [3.05, 3.63) is 126 Å². The lowest BCUT2D eigenvalue weighted by molar-refractivity contribution is 0.668. The number of fused-ring (bicyclic) bond motifs is 9. The number of furan rings is 3. The van der Waals surface area contributed by atoms with Gasteiger partial charge in [-0.25, -0.2) is 15.0 Å². The van der Waals surface area contributed by atoms with Gasteiger partial charge in [0, 0.05) is 42.9 Å². The van der Waals surface area contributed by atoms with Gasteiger partial charge in [0.2, 0.25) is 0 Å². The molecule has 0 aliphatic rings. The largest absolute Gasteiger partial charge is 0.456 e. The van der Waals surface area contributed by atoms with Crippen molar-refractivity contribution >= 4 is 77.4 Å². The van der Waals surface area contributed by atoms with E-state index in [0.717, 1.165) is 71.3 Å². The molecule has 0 atom stereocenters. The third kappa shape index (κ3) is 3.68. The zero-order chi connectivity index (χ0) is 30.4. The van der Waals surface area contributed by atoms with E-state index in [9.17, 15) is 0 Å². The topological polar surface area (TPSA) is 78.1 Å². The highest BCUT2D eigenvalue weighted by Crippen LogP contribution is 2.41. The van der Waals surface area contributed by atoms with Gasteiger partial charge in [-0.3, -0.25) is 0 Å². The summed E-state index contributed by atoms with van der Waals surface area (Å²) in [6.07, 6.45) is 0. The highest BCUT2D eigenvalue weighted by molar-refractivity contribution is 6.32. The minimum Gasteiger partial charge on any atom is -0.456 e. The fraction of sp³-hybridized carbons (Fsp3) is 0. The van der Waals surface area contributed by atoms with Crippen LogP contribution in [-0.4, -0.2) is 15.0 Å². The number of hydrogen-bond acceptors (Lipinski definition) is 6. The van der Waals surface area contributed by atoms with Crippen LogP contribution in [0.1, 0.15) is 0 Å². The molecule has 46 heavy (non-hydrogen) atoms. The van der Waals surface area contributed by atoms with Gasteiger partial charge < -0.3 is 13.3 Å². The van der Waals surface area contributed by atoms with E-state index in [-0.39, 0.29) is 0 Å². The van der Waals surface area contributed by atoms with Crippen LogP contribution >= 0.6 is 11.6 Å². The molecule has 10 rings (SSSR count). The molecule has 6 nitrogen and oxygen atoms in total. The average molecular weight is 614 g/mol. The van der Waals surface area contributed by atoms with E-state index in [1.807, 2.05) is 97.1 Å². The first kappa shape index (κ1) is 25.4. The van der Waals surface area contributed by atoms with Crippen molar-refractivity contribution in [2.45, 2.75) is 0 Å². The minimum atomic E-state index is 0.487. The maximum absolute atomic E-state index is 6.46. The van der Waals surface area contributed by atoms with Gasteiger partial charge in [0.15, 0.2) is 17.5 Å². The molecule has 4 heterocycles. The maximum atomic E-state index is 6.46. The van der Waals surface area contributed by atoms with Gasteiger partial charge >= 0.3 is 0 Å². The van der Waals surface area contributed by atoms with Crippen LogP contribution in [0.5, 0.6) is 0 Å². The molecular weight excluding hydrogens is 594 g/mol. The molecule has 0 amide bonds. The quantitative estimate of drug-likeness (QED) is 0.197. The molecule has 0 unspecified atom stereocenters. The van der Waals surface area contributed by atoms with Crippen LogP contribution in [0.4, 0.5) is 0 Å². The summed E-state index contributed by atoms with van der Waals surface area (Å²) in [5, 5.41) is 6.45. The van der Waals surface area contributed by atoms with Gasteiger partial charge in [-0.05, 0) is 48.5 Å². The first-order valence-electron chi connectivity index (χ1n) is 14.9. The molecule has 0 saturated carbocycles. The van der Waals surface area contributed by atoms with E-state index in [1.54, 1.807) is 0 Å². The zero-order valence-corrected chi connectivity index (χ0v) is 24.7. The molecule has 0 spiro atoms. The monoisotopic (exact) mass is 613 g/mol. The SMILES string of the molecule is Clc1ccc2oc3cccc(-c4nc(-c5cccc6c5oc5ccccc56)nc(-c5cccc6c5oc5ccccc56)n4)c3c2c1.